The number of rotatable bonds is 3. The Kier molecular flexibility index (Phi) is 5.40. The van der Waals surface area contributed by atoms with Crippen LogP contribution in [0.4, 0.5) is 0 Å². The Morgan fingerprint density at radius 2 is 1.20 bits per heavy atom. The summed E-state index contributed by atoms with van der Waals surface area (Å²) in [4.78, 5) is 42.2. The number of carbonyl (C=O) groups is 2. The molecule has 2 saturated heterocycles. The van der Waals surface area contributed by atoms with Gasteiger partial charge in [-0.05, 0) is 48.5 Å². The maximum absolute atomic E-state index is 12.9. The van der Waals surface area contributed by atoms with Crippen LogP contribution in [0.2, 0.25) is 10.0 Å². The third kappa shape index (κ3) is 3.86. The van der Waals surface area contributed by atoms with Crippen LogP contribution in [0.1, 0.15) is 20.7 Å². The van der Waals surface area contributed by atoms with Gasteiger partial charge in [0.1, 0.15) is 0 Å². The van der Waals surface area contributed by atoms with Gasteiger partial charge in [-0.1, -0.05) is 23.2 Å². The number of amides is 2. The quantitative estimate of drug-likeness (QED) is 0.532. The van der Waals surface area contributed by atoms with Gasteiger partial charge in [0.2, 0.25) is 0 Å². The molecule has 0 radical (unpaired) electrons. The predicted octanol–water partition coefficient (Wildman–Crippen LogP) is 2.84. The normalized spacial score (nSPS) is 23.2. The highest BCUT2D eigenvalue weighted by Crippen LogP contribution is 2.28. The van der Waals surface area contributed by atoms with Gasteiger partial charge in [-0.25, -0.2) is 0 Å². The van der Waals surface area contributed by atoms with Crippen molar-refractivity contribution in [2.24, 2.45) is 0 Å². The van der Waals surface area contributed by atoms with Crippen LogP contribution in [0.15, 0.2) is 48.5 Å². The molecule has 10 heteroatoms. The van der Waals surface area contributed by atoms with E-state index in [4.69, 9.17) is 23.2 Å². The summed E-state index contributed by atoms with van der Waals surface area (Å²) in [5.41, 5.74) is -0.637. The Morgan fingerprint density at radius 1 is 0.800 bits per heavy atom. The van der Waals surface area contributed by atoms with Crippen molar-refractivity contribution in [3.8, 4) is 0 Å². The van der Waals surface area contributed by atoms with Crippen LogP contribution >= 0.6 is 23.2 Å². The van der Waals surface area contributed by atoms with Crippen molar-refractivity contribution >= 4 is 35.0 Å². The first kappa shape index (κ1) is 20.6. The molecule has 0 unspecified atom stereocenters. The summed E-state index contributed by atoms with van der Waals surface area (Å²) in [7, 11) is 0. The Hall–Kier alpha value is -2.68. The van der Waals surface area contributed by atoms with E-state index in [9.17, 15) is 19.7 Å². The molecule has 0 saturated carbocycles. The number of nitro groups is 1. The highest BCUT2D eigenvalue weighted by atomic mass is 35.5. The van der Waals surface area contributed by atoms with Crippen molar-refractivity contribution in [2.75, 3.05) is 33.0 Å². The zero-order valence-corrected chi connectivity index (χ0v) is 17.3. The predicted molar refractivity (Wildman–Crippen MR) is 111 cm³/mol. The van der Waals surface area contributed by atoms with E-state index in [1.807, 2.05) is 0 Å². The molecule has 8 nitrogen and oxygen atoms in total. The second-order valence-corrected chi connectivity index (χ2v) is 8.49. The SMILES string of the molecule is O=C(c1ccc(Cl)cc1)N1CN2CN(C(=O)c3ccc(Cl)cc3)CC([N+](=O)[O-])(C2)C1. The summed E-state index contributed by atoms with van der Waals surface area (Å²) in [6.45, 7) is 0.405. The molecule has 2 aromatic rings. The van der Waals surface area contributed by atoms with Gasteiger partial charge in [-0.2, -0.15) is 0 Å². The molecule has 2 bridgehead atoms. The minimum atomic E-state index is -1.46. The second kappa shape index (κ2) is 7.86. The fraction of sp³-hybridized carbons (Fsp3) is 0.300. The summed E-state index contributed by atoms with van der Waals surface area (Å²) in [6.07, 6.45) is 0. The average Bonchev–Trinajstić information content (AvgIpc) is 2.73. The molecule has 0 N–H and O–H groups in total. The molecule has 0 atom stereocenters. The Bertz CT molecular complexity index is 927. The van der Waals surface area contributed by atoms with E-state index >= 15 is 0 Å². The van der Waals surface area contributed by atoms with Gasteiger partial charge >= 0.3 is 0 Å². The van der Waals surface area contributed by atoms with Crippen LogP contribution < -0.4 is 0 Å². The lowest BCUT2D eigenvalue weighted by atomic mass is 9.93. The van der Waals surface area contributed by atoms with E-state index < -0.39 is 5.54 Å². The molecule has 2 fully saturated rings. The Balaban J connectivity index is 1.57. The molecule has 2 heterocycles. The molecule has 2 aliphatic rings. The first-order chi connectivity index (χ1) is 14.3. The van der Waals surface area contributed by atoms with Crippen LogP contribution in [-0.2, 0) is 0 Å². The third-order valence-electron chi connectivity index (χ3n) is 5.37. The molecule has 0 spiro atoms. The molecule has 2 aromatic carbocycles. The van der Waals surface area contributed by atoms with Crippen molar-refractivity contribution in [1.29, 1.82) is 0 Å². The summed E-state index contributed by atoms with van der Waals surface area (Å²) in [5.74, 6) is -0.611. The molecule has 30 heavy (non-hydrogen) atoms. The highest BCUT2D eigenvalue weighted by molar-refractivity contribution is 6.31. The zero-order valence-electron chi connectivity index (χ0n) is 15.8. The molecular formula is C20H18Cl2N4O4. The largest absolute Gasteiger partial charge is 0.318 e. The summed E-state index contributed by atoms with van der Waals surface area (Å²) < 4.78 is 0. The number of benzene rings is 2. The highest BCUT2D eigenvalue weighted by Gasteiger charge is 2.55. The van der Waals surface area contributed by atoms with E-state index in [-0.39, 0.29) is 49.7 Å². The number of hydrogen-bond donors (Lipinski definition) is 0. The van der Waals surface area contributed by atoms with Gasteiger partial charge in [0.25, 0.3) is 17.4 Å². The number of carbonyl (C=O) groups excluding carboxylic acids is 2. The average molecular weight is 449 g/mol. The molecule has 4 rings (SSSR count). The van der Waals surface area contributed by atoms with E-state index in [1.54, 1.807) is 53.4 Å². The summed E-state index contributed by atoms with van der Waals surface area (Å²) in [5, 5.41) is 13.1. The smallest absolute Gasteiger partial charge is 0.269 e. The van der Waals surface area contributed by atoms with Crippen molar-refractivity contribution < 1.29 is 14.5 Å². The molecule has 156 valence electrons. The fourth-order valence-electron chi connectivity index (χ4n) is 4.00. The molecular weight excluding hydrogens is 431 g/mol. The molecule has 2 amide bonds. The van der Waals surface area contributed by atoms with Gasteiger partial charge in [-0.15, -0.1) is 0 Å². The molecule has 2 aliphatic heterocycles. The number of fused-ring (bicyclic) bond motifs is 2. The zero-order chi connectivity index (χ0) is 21.5. The minimum Gasteiger partial charge on any atom is -0.318 e. The van der Waals surface area contributed by atoms with Gasteiger partial charge in [-0.3, -0.25) is 24.6 Å². The van der Waals surface area contributed by atoms with Gasteiger partial charge in [0.05, 0.1) is 33.0 Å². The summed E-state index contributed by atoms with van der Waals surface area (Å²) in [6, 6.07) is 12.8. The lowest BCUT2D eigenvalue weighted by Crippen LogP contribution is -2.73. The second-order valence-electron chi connectivity index (χ2n) is 7.61. The van der Waals surface area contributed by atoms with E-state index in [0.717, 1.165) is 0 Å². The van der Waals surface area contributed by atoms with Crippen LogP contribution in [0.3, 0.4) is 0 Å². The topological polar surface area (TPSA) is 87.0 Å². The number of nitrogens with zero attached hydrogens (tertiary/aromatic N) is 4. The fourth-order valence-corrected chi connectivity index (χ4v) is 4.25. The standard InChI is InChI=1S/C20H18Cl2N4O4/c21-16-5-1-14(2-6-16)18(27)24-10-20(26(29)30)9-23(12-24)13-25(11-20)19(28)15-3-7-17(22)8-4-15/h1-8H,9-13H2. The first-order valence-corrected chi connectivity index (χ1v) is 10.00. The van der Waals surface area contributed by atoms with Gasteiger partial charge in [0, 0.05) is 26.1 Å². The molecule has 0 aromatic heterocycles. The Labute approximate surface area is 182 Å². The van der Waals surface area contributed by atoms with Crippen molar-refractivity contribution in [3.63, 3.8) is 0 Å². The Morgan fingerprint density at radius 3 is 1.57 bits per heavy atom. The van der Waals surface area contributed by atoms with Crippen LogP contribution in [0.5, 0.6) is 0 Å². The minimum absolute atomic E-state index is 0.0810. The third-order valence-corrected chi connectivity index (χ3v) is 5.88. The van der Waals surface area contributed by atoms with E-state index in [0.29, 0.717) is 21.2 Å². The van der Waals surface area contributed by atoms with E-state index in [2.05, 4.69) is 0 Å². The van der Waals surface area contributed by atoms with Crippen LogP contribution in [0.25, 0.3) is 0 Å². The molecule has 0 aliphatic carbocycles. The lowest BCUT2D eigenvalue weighted by Gasteiger charge is -2.49. The summed E-state index contributed by atoms with van der Waals surface area (Å²) >= 11 is 11.8. The van der Waals surface area contributed by atoms with Crippen LogP contribution in [0, 0.1) is 10.1 Å². The van der Waals surface area contributed by atoms with Gasteiger partial charge in [0.15, 0.2) is 0 Å². The van der Waals surface area contributed by atoms with Crippen LogP contribution in [-0.4, -0.2) is 69.9 Å². The number of hydrogen-bond acceptors (Lipinski definition) is 5. The van der Waals surface area contributed by atoms with E-state index in [1.165, 1.54) is 9.80 Å². The van der Waals surface area contributed by atoms with Crippen molar-refractivity contribution in [2.45, 2.75) is 5.54 Å². The van der Waals surface area contributed by atoms with Crippen molar-refractivity contribution in [3.05, 3.63) is 79.8 Å². The maximum atomic E-state index is 12.9. The maximum Gasteiger partial charge on any atom is 0.269 e. The number of halogens is 2. The lowest BCUT2D eigenvalue weighted by molar-refractivity contribution is -0.578. The first-order valence-electron chi connectivity index (χ1n) is 9.24. The van der Waals surface area contributed by atoms with Gasteiger partial charge < -0.3 is 9.80 Å². The monoisotopic (exact) mass is 448 g/mol. The van der Waals surface area contributed by atoms with Crippen molar-refractivity contribution in [1.82, 2.24) is 14.7 Å².